The fourth-order valence-electron chi connectivity index (χ4n) is 1.87. The lowest BCUT2D eigenvalue weighted by Gasteiger charge is -2.08. The van der Waals surface area contributed by atoms with Gasteiger partial charge in [0.1, 0.15) is 11.5 Å². The molecule has 3 nitrogen and oxygen atoms in total. The molecular weight excluding hydrogens is 226 g/mol. The largest absolute Gasteiger partial charge is 0.456 e. The van der Waals surface area contributed by atoms with Crippen LogP contribution in [0.3, 0.4) is 0 Å². The molecule has 3 aromatic rings. The van der Waals surface area contributed by atoms with Gasteiger partial charge in [0.25, 0.3) is 5.56 Å². The smallest absolute Gasteiger partial charge is 0.252 e. The average molecular weight is 237 g/mol. The molecule has 0 atom stereocenters. The number of aromatic amines is 1. The highest BCUT2D eigenvalue weighted by molar-refractivity contribution is 5.84. The van der Waals surface area contributed by atoms with Gasteiger partial charge in [0, 0.05) is 11.5 Å². The van der Waals surface area contributed by atoms with Crippen LogP contribution in [0.4, 0.5) is 0 Å². The van der Waals surface area contributed by atoms with Gasteiger partial charge in [-0.25, -0.2) is 0 Å². The summed E-state index contributed by atoms with van der Waals surface area (Å²) in [4.78, 5) is 14.3. The van der Waals surface area contributed by atoms with Crippen molar-refractivity contribution in [1.29, 1.82) is 0 Å². The first-order valence-corrected chi connectivity index (χ1v) is 5.68. The minimum atomic E-state index is -0.167. The topological polar surface area (TPSA) is 42.1 Å². The van der Waals surface area contributed by atoms with E-state index in [0.717, 1.165) is 10.9 Å². The molecule has 0 fully saturated rings. The summed E-state index contributed by atoms with van der Waals surface area (Å²) in [6.45, 7) is 0. The minimum absolute atomic E-state index is 0.167. The SMILES string of the molecule is O=c1cc(Oc2ccccc2)c2ccccc2[nH]1. The maximum absolute atomic E-state index is 11.6. The number of fused-ring (bicyclic) bond motifs is 1. The Morgan fingerprint density at radius 1 is 0.889 bits per heavy atom. The molecule has 88 valence electrons. The molecule has 0 bridgehead atoms. The van der Waals surface area contributed by atoms with Gasteiger partial charge in [0.05, 0.1) is 5.52 Å². The molecular formula is C15H11NO2. The molecule has 1 N–H and O–H groups in total. The highest BCUT2D eigenvalue weighted by Crippen LogP contribution is 2.26. The first kappa shape index (κ1) is 10.6. The highest BCUT2D eigenvalue weighted by Gasteiger charge is 2.04. The van der Waals surface area contributed by atoms with E-state index in [9.17, 15) is 4.79 Å². The first-order valence-electron chi connectivity index (χ1n) is 5.68. The molecule has 0 aliphatic carbocycles. The predicted molar refractivity (Wildman–Crippen MR) is 71.1 cm³/mol. The van der Waals surface area contributed by atoms with Crippen LogP contribution in [-0.2, 0) is 0 Å². The summed E-state index contributed by atoms with van der Waals surface area (Å²) in [6.07, 6.45) is 0. The summed E-state index contributed by atoms with van der Waals surface area (Å²) >= 11 is 0. The van der Waals surface area contributed by atoms with Crippen LogP contribution < -0.4 is 10.3 Å². The van der Waals surface area contributed by atoms with Gasteiger partial charge < -0.3 is 9.72 Å². The molecule has 0 amide bonds. The average Bonchev–Trinajstić information content (AvgIpc) is 2.40. The molecule has 0 spiro atoms. The summed E-state index contributed by atoms with van der Waals surface area (Å²) < 4.78 is 5.75. The molecule has 0 unspecified atom stereocenters. The molecule has 0 saturated carbocycles. The molecule has 3 rings (SSSR count). The minimum Gasteiger partial charge on any atom is -0.456 e. The lowest BCUT2D eigenvalue weighted by Crippen LogP contribution is -2.04. The molecule has 1 aromatic heterocycles. The van der Waals surface area contributed by atoms with Crippen LogP contribution in [0.1, 0.15) is 0 Å². The van der Waals surface area contributed by atoms with E-state index in [1.807, 2.05) is 54.6 Å². The summed E-state index contributed by atoms with van der Waals surface area (Å²) in [5.74, 6) is 1.29. The van der Waals surface area contributed by atoms with Crippen molar-refractivity contribution >= 4 is 10.9 Å². The van der Waals surface area contributed by atoms with Crippen molar-refractivity contribution in [3.63, 3.8) is 0 Å². The molecule has 0 aliphatic rings. The quantitative estimate of drug-likeness (QED) is 0.742. The van der Waals surface area contributed by atoms with Crippen molar-refractivity contribution in [2.45, 2.75) is 0 Å². The molecule has 0 saturated heterocycles. The third-order valence-corrected chi connectivity index (χ3v) is 2.68. The van der Waals surface area contributed by atoms with E-state index >= 15 is 0 Å². The lowest BCUT2D eigenvalue weighted by atomic mass is 10.2. The van der Waals surface area contributed by atoms with E-state index in [-0.39, 0.29) is 5.56 Å². The second kappa shape index (κ2) is 4.37. The molecule has 1 heterocycles. The van der Waals surface area contributed by atoms with E-state index in [1.165, 1.54) is 6.07 Å². The summed E-state index contributed by atoms with van der Waals surface area (Å²) in [5, 5.41) is 0.890. The number of rotatable bonds is 2. The predicted octanol–water partition coefficient (Wildman–Crippen LogP) is 3.32. The summed E-state index contributed by atoms with van der Waals surface area (Å²) in [5.41, 5.74) is 0.607. The summed E-state index contributed by atoms with van der Waals surface area (Å²) in [7, 11) is 0. The van der Waals surface area contributed by atoms with Crippen molar-refractivity contribution in [2.75, 3.05) is 0 Å². The van der Waals surface area contributed by atoms with Crippen LogP contribution in [0.2, 0.25) is 0 Å². The lowest BCUT2D eigenvalue weighted by molar-refractivity contribution is 0.487. The molecule has 18 heavy (non-hydrogen) atoms. The van der Waals surface area contributed by atoms with Crippen LogP contribution in [0, 0.1) is 0 Å². The Labute approximate surface area is 104 Å². The van der Waals surface area contributed by atoms with E-state index < -0.39 is 0 Å². The van der Waals surface area contributed by atoms with Gasteiger partial charge in [-0.15, -0.1) is 0 Å². The van der Waals surface area contributed by atoms with Crippen molar-refractivity contribution in [2.24, 2.45) is 0 Å². The molecule has 0 radical (unpaired) electrons. The van der Waals surface area contributed by atoms with Gasteiger partial charge in [0.2, 0.25) is 0 Å². The normalized spacial score (nSPS) is 10.4. The number of hydrogen-bond donors (Lipinski definition) is 1. The van der Waals surface area contributed by atoms with Crippen LogP contribution >= 0.6 is 0 Å². The third kappa shape index (κ3) is 1.98. The second-order valence-electron chi connectivity index (χ2n) is 3.96. The van der Waals surface area contributed by atoms with Crippen LogP contribution in [-0.4, -0.2) is 4.98 Å². The number of hydrogen-bond acceptors (Lipinski definition) is 2. The maximum Gasteiger partial charge on any atom is 0.252 e. The van der Waals surface area contributed by atoms with Crippen LogP contribution in [0.25, 0.3) is 10.9 Å². The van der Waals surface area contributed by atoms with Gasteiger partial charge in [-0.2, -0.15) is 0 Å². The first-order chi connectivity index (χ1) is 8.83. The van der Waals surface area contributed by atoms with E-state index in [0.29, 0.717) is 11.5 Å². The highest BCUT2D eigenvalue weighted by atomic mass is 16.5. The molecule has 2 aromatic carbocycles. The monoisotopic (exact) mass is 237 g/mol. The van der Waals surface area contributed by atoms with Crippen LogP contribution in [0.15, 0.2) is 65.5 Å². The van der Waals surface area contributed by atoms with Crippen molar-refractivity contribution < 1.29 is 4.74 Å². The number of ether oxygens (including phenoxy) is 1. The molecule has 3 heteroatoms. The zero-order valence-electron chi connectivity index (χ0n) is 9.59. The van der Waals surface area contributed by atoms with Crippen molar-refractivity contribution in [3.05, 3.63) is 71.0 Å². The standard InChI is InChI=1S/C15H11NO2/c17-15-10-14(18-11-6-2-1-3-7-11)12-8-4-5-9-13(12)16-15/h1-10H,(H,16,17). The van der Waals surface area contributed by atoms with Gasteiger partial charge in [0.15, 0.2) is 0 Å². The Morgan fingerprint density at radius 3 is 2.44 bits per heavy atom. The number of H-pyrrole nitrogens is 1. The number of benzene rings is 2. The van der Waals surface area contributed by atoms with E-state index in [2.05, 4.69) is 4.98 Å². The maximum atomic E-state index is 11.6. The Morgan fingerprint density at radius 2 is 1.61 bits per heavy atom. The fraction of sp³-hybridized carbons (Fsp3) is 0. The number of aromatic nitrogens is 1. The van der Waals surface area contributed by atoms with Gasteiger partial charge in [-0.1, -0.05) is 30.3 Å². The van der Waals surface area contributed by atoms with Crippen molar-refractivity contribution in [3.8, 4) is 11.5 Å². The Kier molecular flexibility index (Phi) is 2.57. The molecule has 0 aliphatic heterocycles. The van der Waals surface area contributed by atoms with Gasteiger partial charge >= 0.3 is 0 Å². The van der Waals surface area contributed by atoms with Crippen molar-refractivity contribution in [1.82, 2.24) is 4.98 Å². The number of para-hydroxylation sites is 2. The van der Waals surface area contributed by atoms with Crippen LogP contribution in [0.5, 0.6) is 11.5 Å². The third-order valence-electron chi connectivity index (χ3n) is 2.68. The zero-order chi connectivity index (χ0) is 12.4. The zero-order valence-corrected chi connectivity index (χ0v) is 9.59. The van der Waals surface area contributed by atoms with Gasteiger partial charge in [-0.05, 0) is 24.3 Å². The Bertz CT molecular complexity index is 732. The number of nitrogens with one attached hydrogen (secondary N) is 1. The summed E-state index contributed by atoms with van der Waals surface area (Å²) in [6, 6.07) is 18.5. The Balaban J connectivity index is 2.14. The van der Waals surface area contributed by atoms with Gasteiger partial charge in [-0.3, -0.25) is 4.79 Å². The van der Waals surface area contributed by atoms with E-state index in [4.69, 9.17) is 4.74 Å². The fourth-order valence-corrected chi connectivity index (χ4v) is 1.87. The van der Waals surface area contributed by atoms with E-state index in [1.54, 1.807) is 0 Å². The Hall–Kier alpha value is -2.55. The second-order valence-corrected chi connectivity index (χ2v) is 3.96. The number of pyridine rings is 1.